The van der Waals surface area contributed by atoms with Crippen LogP contribution in [0.15, 0.2) is 42.5 Å². The summed E-state index contributed by atoms with van der Waals surface area (Å²) in [5.74, 6) is -6.11. The maximum Gasteiger partial charge on any atom is 0.258 e. The Morgan fingerprint density at radius 1 is 0.838 bits per heavy atom. The molecule has 0 radical (unpaired) electrons. The van der Waals surface area contributed by atoms with Gasteiger partial charge in [0.2, 0.25) is 5.91 Å². The van der Waals surface area contributed by atoms with E-state index in [-0.39, 0.29) is 32.1 Å². The number of halogens is 8. The molecule has 1 aliphatic carbocycles. The fraction of sp³-hybridized carbons (Fsp3) is 0.167. The van der Waals surface area contributed by atoms with Crippen molar-refractivity contribution in [2.45, 2.75) is 10.3 Å². The van der Waals surface area contributed by atoms with Gasteiger partial charge in [0.25, 0.3) is 5.91 Å². The first-order valence-electron chi connectivity index (χ1n) is 10.5. The van der Waals surface area contributed by atoms with Crippen LogP contribution in [0.3, 0.4) is 0 Å². The summed E-state index contributed by atoms with van der Waals surface area (Å²) in [4.78, 5) is 25.6. The number of benzene rings is 3. The van der Waals surface area contributed by atoms with Gasteiger partial charge in [0.1, 0.15) is 21.8 Å². The van der Waals surface area contributed by atoms with Gasteiger partial charge in [-0.25, -0.2) is 13.2 Å². The molecule has 37 heavy (non-hydrogen) atoms. The largest absolute Gasteiger partial charge is 0.386 e. The topological polar surface area (TPSA) is 70.2 Å². The molecular formula is C24H15Cl5F3N3O2. The lowest BCUT2D eigenvalue weighted by molar-refractivity contribution is -0.117. The van der Waals surface area contributed by atoms with Crippen molar-refractivity contribution in [2.24, 2.45) is 5.92 Å². The molecule has 0 spiro atoms. The molecule has 0 saturated heterocycles. The minimum Gasteiger partial charge on any atom is -0.386 e. The molecule has 0 aromatic heterocycles. The number of anilines is 3. The van der Waals surface area contributed by atoms with Crippen molar-refractivity contribution < 1.29 is 22.8 Å². The van der Waals surface area contributed by atoms with Gasteiger partial charge < -0.3 is 16.0 Å². The lowest BCUT2D eigenvalue weighted by Gasteiger charge is -2.12. The summed E-state index contributed by atoms with van der Waals surface area (Å²) in [6.45, 7) is 0. The Morgan fingerprint density at radius 2 is 1.46 bits per heavy atom. The summed E-state index contributed by atoms with van der Waals surface area (Å²) >= 11 is 30.8. The quantitative estimate of drug-likeness (QED) is 0.196. The molecule has 0 bridgehead atoms. The lowest BCUT2D eigenvalue weighted by Crippen LogP contribution is -2.19. The Balaban J connectivity index is 1.53. The molecule has 1 saturated carbocycles. The third kappa shape index (κ3) is 5.45. The van der Waals surface area contributed by atoms with Gasteiger partial charge in [0, 0.05) is 24.7 Å². The smallest absolute Gasteiger partial charge is 0.258 e. The number of rotatable bonds is 6. The first-order valence-corrected chi connectivity index (χ1v) is 12.3. The molecule has 194 valence electrons. The standard InChI is InChI=1S/C24H15Cl5F3N3O2/c1-33-17-8-18(16(32)7-15(17)31)35-22(36)11-6-10(2-3-14(11)30)34-23(37)20-19(24(20,28)29)9-4-12(25)21(27)13(26)5-9/h2-8,19-20,33H,1H3,(H,34,37)(H,35,36)/t19-,20+/m0/s1. The maximum atomic E-state index is 14.4. The highest BCUT2D eigenvalue weighted by Crippen LogP contribution is 2.65. The minimum absolute atomic E-state index is 0.0500. The normalized spacial score (nSPS) is 17.8. The lowest BCUT2D eigenvalue weighted by atomic mass is 10.1. The van der Waals surface area contributed by atoms with Gasteiger partial charge in [-0.2, -0.15) is 0 Å². The molecule has 1 aliphatic rings. The van der Waals surface area contributed by atoms with Crippen LogP contribution < -0.4 is 16.0 Å². The van der Waals surface area contributed by atoms with Crippen LogP contribution in [0.2, 0.25) is 15.1 Å². The van der Waals surface area contributed by atoms with Crippen molar-refractivity contribution in [2.75, 3.05) is 23.0 Å². The third-order valence-corrected chi connectivity index (χ3v) is 7.89. The summed E-state index contributed by atoms with van der Waals surface area (Å²) in [5, 5.41) is 7.70. The Kier molecular flexibility index (Phi) is 7.79. The van der Waals surface area contributed by atoms with Crippen molar-refractivity contribution in [3.8, 4) is 0 Å². The van der Waals surface area contributed by atoms with Crippen molar-refractivity contribution in [1.29, 1.82) is 0 Å². The van der Waals surface area contributed by atoms with Gasteiger partial charge in [-0.15, -0.1) is 23.2 Å². The highest BCUT2D eigenvalue weighted by molar-refractivity contribution is 6.54. The van der Waals surface area contributed by atoms with E-state index in [1.807, 2.05) is 0 Å². The monoisotopic (exact) mass is 609 g/mol. The van der Waals surface area contributed by atoms with E-state index in [0.29, 0.717) is 11.6 Å². The van der Waals surface area contributed by atoms with E-state index in [1.165, 1.54) is 25.2 Å². The number of carbonyl (C=O) groups is 2. The third-order valence-electron chi connectivity index (χ3n) is 5.75. The van der Waals surface area contributed by atoms with Gasteiger partial charge in [-0.3, -0.25) is 9.59 Å². The van der Waals surface area contributed by atoms with E-state index in [9.17, 15) is 22.8 Å². The zero-order chi connectivity index (χ0) is 27.2. The second-order valence-corrected chi connectivity index (χ2v) is 10.8. The predicted molar refractivity (Wildman–Crippen MR) is 141 cm³/mol. The Bertz CT molecular complexity index is 1410. The minimum atomic E-state index is -1.49. The van der Waals surface area contributed by atoms with Crippen LogP contribution in [0.4, 0.5) is 30.2 Å². The van der Waals surface area contributed by atoms with Gasteiger partial charge in [0.05, 0.1) is 37.9 Å². The molecule has 3 aromatic carbocycles. The van der Waals surface area contributed by atoms with E-state index in [0.717, 1.165) is 18.2 Å². The zero-order valence-corrected chi connectivity index (χ0v) is 22.3. The van der Waals surface area contributed by atoms with Crippen LogP contribution in [0, 0.1) is 23.4 Å². The van der Waals surface area contributed by atoms with E-state index in [2.05, 4.69) is 16.0 Å². The Labute approximate surface area is 234 Å². The molecule has 13 heteroatoms. The zero-order valence-electron chi connectivity index (χ0n) is 18.5. The second kappa shape index (κ2) is 10.4. The van der Waals surface area contributed by atoms with Crippen LogP contribution in [0.1, 0.15) is 21.8 Å². The number of hydrogen-bond acceptors (Lipinski definition) is 3. The van der Waals surface area contributed by atoms with Crippen LogP contribution in [0.25, 0.3) is 0 Å². The summed E-state index contributed by atoms with van der Waals surface area (Å²) in [6, 6.07) is 7.83. The van der Waals surface area contributed by atoms with E-state index >= 15 is 0 Å². The summed E-state index contributed by atoms with van der Waals surface area (Å²) in [5.41, 5.74) is -0.412. The molecule has 3 aromatic rings. The Hall–Kier alpha value is -2.36. The molecule has 0 heterocycles. The molecule has 5 nitrogen and oxygen atoms in total. The number of hydrogen-bond donors (Lipinski definition) is 3. The molecular weight excluding hydrogens is 597 g/mol. The molecule has 0 aliphatic heterocycles. The maximum absolute atomic E-state index is 14.4. The van der Waals surface area contributed by atoms with E-state index in [1.54, 1.807) is 0 Å². The fourth-order valence-electron chi connectivity index (χ4n) is 3.85. The van der Waals surface area contributed by atoms with Gasteiger partial charge >= 0.3 is 0 Å². The van der Waals surface area contributed by atoms with Crippen LogP contribution in [-0.2, 0) is 4.79 Å². The van der Waals surface area contributed by atoms with Crippen LogP contribution in [-0.4, -0.2) is 23.2 Å². The average Bonchev–Trinajstić information content (AvgIpc) is 3.41. The first-order chi connectivity index (χ1) is 17.3. The highest BCUT2D eigenvalue weighted by atomic mass is 35.5. The van der Waals surface area contributed by atoms with Gasteiger partial charge in [0.15, 0.2) is 0 Å². The summed E-state index contributed by atoms with van der Waals surface area (Å²) in [7, 11) is 1.41. The summed E-state index contributed by atoms with van der Waals surface area (Å²) < 4.78 is 40.8. The number of alkyl halides is 2. The molecule has 0 unspecified atom stereocenters. The molecule has 4 rings (SSSR count). The number of nitrogens with one attached hydrogen (secondary N) is 3. The van der Waals surface area contributed by atoms with Crippen LogP contribution >= 0.6 is 58.0 Å². The first kappa shape index (κ1) is 27.7. The van der Waals surface area contributed by atoms with Crippen molar-refractivity contribution in [1.82, 2.24) is 0 Å². The fourth-order valence-corrected chi connectivity index (χ4v) is 5.29. The molecule has 2 amide bonds. The van der Waals surface area contributed by atoms with Gasteiger partial charge in [-0.05, 0) is 42.0 Å². The molecule has 1 fully saturated rings. The Morgan fingerprint density at radius 3 is 2.08 bits per heavy atom. The predicted octanol–water partition coefficient (Wildman–Crippen LogP) is 7.88. The van der Waals surface area contributed by atoms with Crippen molar-refractivity contribution >= 4 is 86.9 Å². The number of carbonyl (C=O) groups excluding carboxylic acids is 2. The van der Waals surface area contributed by atoms with Crippen molar-refractivity contribution in [3.63, 3.8) is 0 Å². The SMILES string of the molecule is CNc1cc(NC(=O)c2cc(NC(=O)[C@H]3[C@H](c4cc(Cl)c(Cl)c(Cl)c4)C3(Cl)Cl)ccc2F)c(F)cc1F. The van der Waals surface area contributed by atoms with Gasteiger partial charge in [-0.1, -0.05) is 34.8 Å². The molecule has 2 atom stereocenters. The van der Waals surface area contributed by atoms with Crippen molar-refractivity contribution in [3.05, 3.63) is 86.1 Å². The summed E-state index contributed by atoms with van der Waals surface area (Å²) in [6.07, 6.45) is 0. The van der Waals surface area contributed by atoms with E-state index in [4.69, 9.17) is 58.0 Å². The molecule has 3 N–H and O–H groups in total. The van der Waals surface area contributed by atoms with E-state index < -0.39 is 51.0 Å². The van der Waals surface area contributed by atoms with Crippen LogP contribution in [0.5, 0.6) is 0 Å². The average molecular weight is 612 g/mol. The second-order valence-electron chi connectivity index (χ2n) is 8.13. The highest BCUT2D eigenvalue weighted by Gasteiger charge is 2.67. The number of amides is 2.